The highest BCUT2D eigenvalue weighted by atomic mass is 35.5. The van der Waals surface area contributed by atoms with E-state index < -0.39 is 0 Å². The van der Waals surface area contributed by atoms with E-state index in [9.17, 15) is 4.79 Å². The number of nitrogens with one attached hydrogen (secondary N) is 1. The third-order valence-electron chi connectivity index (χ3n) is 4.90. The highest BCUT2D eigenvalue weighted by Crippen LogP contribution is 2.30. The molecule has 1 aliphatic heterocycles. The van der Waals surface area contributed by atoms with Gasteiger partial charge in [-0.2, -0.15) is 0 Å². The molecule has 0 bridgehead atoms. The smallest absolute Gasteiger partial charge is 0.255 e. The van der Waals surface area contributed by atoms with Crippen LogP contribution in [0.4, 0.5) is 11.4 Å². The summed E-state index contributed by atoms with van der Waals surface area (Å²) in [5, 5.41) is 3.58. The molecule has 3 aromatic carbocycles. The minimum atomic E-state index is -0.211. The molecule has 0 aromatic heterocycles. The van der Waals surface area contributed by atoms with Gasteiger partial charge in [-0.1, -0.05) is 48.0 Å². The predicted molar refractivity (Wildman–Crippen MR) is 120 cm³/mol. The lowest BCUT2D eigenvalue weighted by molar-refractivity contribution is 0.102. The second kappa shape index (κ2) is 9.65. The Bertz CT molecular complexity index is 1000. The van der Waals surface area contributed by atoms with E-state index >= 15 is 0 Å². The largest absolute Gasteiger partial charge is 0.489 e. The number of halogens is 1. The van der Waals surface area contributed by atoms with Crippen LogP contribution in [0.5, 0.6) is 5.75 Å². The van der Waals surface area contributed by atoms with Crippen LogP contribution in [-0.4, -0.2) is 32.2 Å². The van der Waals surface area contributed by atoms with E-state index in [1.807, 2.05) is 54.6 Å². The van der Waals surface area contributed by atoms with Gasteiger partial charge in [-0.05, 0) is 42.0 Å². The molecular formula is C24H23ClN2O3. The number of ether oxygens (including phenoxy) is 2. The molecule has 6 heteroatoms. The number of benzene rings is 3. The standard InChI is InChI=1S/C24H23ClN2O3/c25-20-9-10-23(27-11-13-29-14-12-27)22(16-20)26-24(28)19-7-4-8-21(15-19)30-17-18-5-2-1-3-6-18/h1-10,15-16H,11-14,17H2,(H,26,28). The van der Waals surface area contributed by atoms with Crippen LogP contribution in [0.1, 0.15) is 15.9 Å². The van der Waals surface area contributed by atoms with Gasteiger partial charge < -0.3 is 19.7 Å². The first-order chi connectivity index (χ1) is 14.7. The number of carbonyl (C=O) groups is 1. The van der Waals surface area contributed by atoms with Gasteiger partial charge in [-0.25, -0.2) is 0 Å². The maximum atomic E-state index is 12.9. The lowest BCUT2D eigenvalue weighted by Gasteiger charge is -2.30. The number of hydrogen-bond acceptors (Lipinski definition) is 4. The highest BCUT2D eigenvalue weighted by Gasteiger charge is 2.17. The summed E-state index contributed by atoms with van der Waals surface area (Å²) in [6, 6.07) is 22.6. The molecule has 0 aliphatic carbocycles. The first-order valence-electron chi connectivity index (χ1n) is 9.89. The van der Waals surface area contributed by atoms with E-state index in [1.165, 1.54) is 0 Å². The van der Waals surface area contributed by atoms with Gasteiger partial charge in [-0.3, -0.25) is 4.79 Å². The van der Waals surface area contributed by atoms with Gasteiger partial charge >= 0.3 is 0 Å². The number of hydrogen-bond donors (Lipinski definition) is 1. The molecule has 154 valence electrons. The summed E-state index contributed by atoms with van der Waals surface area (Å²) in [6.07, 6.45) is 0. The van der Waals surface area contributed by atoms with Gasteiger partial charge in [0.25, 0.3) is 5.91 Å². The van der Waals surface area contributed by atoms with Gasteiger partial charge in [0.05, 0.1) is 24.6 Å². The Kier molecular flexibility index (Phi) is 6.52. The van der Waals surface area contributed by atoms with Crippen LogP contribution in [0.3, 0.4) is 0 Å². The molecule has 1 amide bonds. The third-order valence-corrected chi connectivity index (χ3v) is 5.14. The minimum Gasteiger partial charge on any atom is -0.489 e. The molecule has 1 fully saturated rings. The van der Waals surface area contributed by atoms with Crippen LogP contribution in [0.25, 0.3) is 0 Å². The number of rotatable bonds is 6. The fourth-order valence-corrected chi connectivity index (χ4v) is 3.52. The number of anilines is 2. The lowest BCUT2D eigenvalue weighted by atomic mass is 10.1. The Hall–Kier alpha value is -3.02. The van der Waals surface area contributed by atoms with Crippen molar-refractivity contribution in [2.45, 2.75) is 6.61 Å². The number of morpholine rings is 1. The van der Waals surface area contributed by atoms with Gasteiger partial charge in [0, 0.05) is 23.7 Å². The lowest BCUT2D eigenvalue weighted by Crippen LogP contribution is -2.36. The molecule has 0 spiro atoms. The van der Waals surface area contributed by atoms with E-state index in [-0.39, 0.29) is 5.91 Å². The summed E-state index contributed by atoms with van der Waals surface area (Å²) in [6.45, 7) is 3.32. The van der Waals surface area contributed by atoms with Crippen LogP contribution in [0, 0.1) is 0 Å². The van der Waals surface area contributed by atoms with E-state index in [0.717, 1.165) is 24.3 Å². The second-order valence-corrected chi connectivity index (χ2v) is 7.45. The molecule has 3 aromatic rings. The number of carbonyl (C=O) groups excluding carboxylic acids is 1. The first-order valence-corrected chi connectivity index (χ1v) is 10.3. The Morgan fingerprint density at radius 2 is 1.80 bits per heavy atom. The van der Waals surface area contributed by atoms with Crippen molar-refractivity contribution in [1.82, 2.24) is 0 Å². The maximum absolute atomic E-state index is 12.9. The quantitative estimate of drug-likeness (QED) is 0.606. The summed E-state index contributed by atoms with van der Waals surface area (Å²) in [4.78, 5) is 15.1. The molecule has 1 saturated heterocycles. The average molecular weight is 423 g/mol. The van der Waals surface area contributed by atoms with Crippen molar-refractivity contribution >= 4 is 28.9 Å². The predicted octanol–water partition coefficient (Wildman–Crippen LogP) is 5.01. The Labute approximate surface area is 181 Å². The Balaban J connectivity index is 1.48. The monoisotopic (exact) mass is 422 g/mol. The zero-order valence-corrected chi connectivity index (χ0v) is 17.3. The number of nitrogens with zero attached hydrogens (tertiary/aromatic N) is 1. The molecule has 0 radical (unpaired) electrons. The molecule has 30 heavy (non-hydrogen) atoms. The average Bonchev–Trinajstić information content (AvgIpc) is 2.79. The summed E-state index contributed by atoms with van der Waals surface area (Å²) in [5.74, 6) is 0.433. The SMILES string of the molecule is O=C(Nc1cc(Cl)ccc1N1CCOCC1)c1cccc(OCc2ccccc2)c1. The van der Waals surface area contributed by atoms with Crippen LogP contribution < -0.4 is 15.0 Å². The third kappa shape index (κ3) is 5.12. The van der Waals surface area contributed by atoms with Gasteiger partial charge in [0.1, 0.15) is 12.4 Å². The molecular weight excluding hydrogens is 400 g/mol. The first kappa shape index (κ1) is 20.3. The van der Waals surface area contributed by atoms with Crippen molar-refractivity contribution < 1.29 is 14.3 Å². The normalized spacial score (nSPS) is 13.7. The van der Waals surface area contributed by atoms with Gasteiger partial charge in [0.15, 0.2) is 0 Å². The molecule has 5 nitrogen and oxygen atoms in total. The minimum absolute atomic E-state index is 0.211. The Morgan fingerprint density at radius 3 is 2.60 bits per heavy atom. The highest BCUT2D eigenvalue weighted by molar-refractivity contribution is 6.31. The van der Waals surface area contributed by atoms with E-state index in [4.69, 9.17) is 21.1 Å². The molecule has 0 saturated carbocycles. The zero-order chi connectivity index (χ0) is 20.8. The molecule has 1 N–H and O–H groups in total. The van der Waals surface area contributed by atoms with Gasteiger partial charge in [0.2, 0.25) is 0 Å². The van der Waals surface area contributed by atoms with Gasteiger partial charge in [-0.15, -0.1) is 0 Å². The topological polar surface area (TPSA) is 50.8 Å². The zero-order valence-electron chi connectivity index (χ0n) is 16.5. The fourth-order valence-electron chi connectivity index (χ4n) is 3.35. The summed E-state index contributed by atoms with van der Waals surface area (Å²) >= 11 is 6.20. The second-order valence-electron chi connectivity index (χ2n) is 7.02. The number of amides is 1. The van der Waals surface area contributed by atoms with E-state index in [2.05, 4.69) is 10.2 Å². The molecule has 1 aliphatic rings. The maximum Gasteiger partial charge on any atom is 0.255 e. The summed E-state index contributed by atoms with van der Waals surface area (Å²) in [7, 11) is 0. The van der Waals surface area contributed by atoms with Crippen molar-refractivity contribution in [3.8, 4) is 5.75 Å². The van der Waals surface area contributed by atoms with Crippen molar-refractivity contribution in [2.75, 3.05) is 36.5 Å². The fraction of sp³-hybridized carbons (Fsp3) is 0.208. The van der Waals surface area contributed by atoms with Crippen LogP contribution in [0.2, 0.25) is 5.02 Å². The molecule has 1 heterocycles. The molecule has 4 rings (SSSR count). The van der Waals surface area contributed by atoms with E-state index in [1.54, 1.807) is 18.2 Å². The van der Waals surface area contributed by atoms with Crippen molar-refractivity contribution in [1.29, 1.82) is 0 Å². The van der Waals surface area contributed by atoms with E-state index in [0.29, 0.717) is 41.8 Å². The summed E-state index contributed by atoms with van der Waals surface area (Å²) < 4.78 is 11.3. The van der Waals surface area contributed by atoms with Crippen LogP contribution in [0.15, 0.2) is 72.8 Å². The van der Waals surface area contributed by atoms with Crippen LogP contribution in [-0.2, 0) is 11.3 Å². The van der Waals surface area contributed by atoms with Crippen LogP contribution >= 0.6 is 11.6 Å². The van der Waals surface area contributed by atoms with Crippen molar-refractivity contribution in [3.63, 3.8) is 0 Å². The Morgan fingerprint density at radius 1 is 1.00 bits per heavy atom. The molecule has 0 atom stereocenters. The van der Waals surface area contributed by atoms with Crippen molar-refractivity contribution in [3.05, 3.63) is 88.9 Å². The van der Waals surface area contributed by atoms with Crippen molar-refractivity contribution in [2.24, 2.45) is 0 Å². The summed E-state index contributed by atoms with van der Waals surface area (Å²) in [5.41, 5.74) is 3.22. The molecule has 0 unspecified atom stereocenters.